The quantitative estimate of drug-likeness (QED) is 0.458. The van der Waals surface area contributed by atoms with Crippen molar-refractivity contribution in [3.8, 4) is 0 Å². The summed E-state index contributed by atoms with van der Waals surface area (Å²) in [6.07, 6.45) is 1.15. The minimum Gasteiger partial charge on any atom is -0.309 e. The topological polar surface area (TPSA) is 46.2 Å². The molecule has 0 saturated heterocycles. The van der Waals surface area contributed by atoms with Gasteiger partial charge in [0.15, 0.2) is 5.78 Å². The maximum Gasteiger partial charge on any atom is 0.176 e. The molecule has 1 unspecified atom stereocenters. The number of halogens is 4. The van der Waals surface area contributed by atoms with E-state index >= 15 is 0 Å². The van der Waals surface area contributed by atoms with Crippen LogP contribution in [0.15, 0.2) is 36.4 Å². The predicted molar refractivity (Wildman–Crippen MR) is 104 cm³/mol. The Kier molecular flexibility index (Phi) is 7.73. The van der Waals surface area contributed by atoms with Gasteiger partial charge in [0.1, 0.15) is 6.29 Å². The lowest BCUT2D eigenvalue weighted by atomic mass is 9.96. The van der Waals surface area contributed by atoms with Crippen molar-refractivity contribution >= 4 is 58.5 Å². The molecule has 0 aromatic heterocycles. The summed E-state index contributed by atoms with van der Waals surface area (Å²) in [5.41, 5.74) is 1.32. The van der Waals surface area contributed by atoms with Crippen LogP contribution < -0.4 is 5.32 Å². The van der Waals surface area contributed by atoms with Crippen LogP contribution in [0.1, 0.15) is 28.3 Å². The molecule has 2 aromatic carbocycles. The van der Waals surface area contributed by atoms with Crippen LogP contribution in [0.3, 0.4) is 0 Å². The summed E-state index contributed by atoms with van der Waals surface area (Å²) in [5.74, 6) is -0.244. The first kappa shape index (κ1) is 20.2. The van der Waals surface area contributed by atoms with Crippen molar-refractivity contribution in [3.63, 3.8) is 0 Å². The Labute approximate surface area is 166 Å². The molecule has 0 bridgehead atoms. The van der Waals surface area contributed by atoms with E-state index in [9.17, 15) is 9.59 Å². The highest BCUT2D eigenvalue weighted by Crippen LogP contribution is 2.27. The van der Waals surface area contributed by atoms with Gasteiger partial charge in [0.25, 0.3) is 0 Å². The molecule has 25 heavy (non-hydrogen) atoms. The van der Waals surface area contributed by atoms with Gasteiger partial charge in [-0.1, -0.05) is 52.5 Å². The minimum absolute atomic E-state index is 0.105. The number of rotatable bonds is 8. The van der Waals surface area contributed by atoms with Crippen molar-refractivity contribution in [2.24, 2.45) is 0 Å². The summed E-state index contributed by atoms with van der Waals surface area (Å²) in [7, 11) is 0. The highest BCUT2D eigenvalue weighted by atomic mass is 35.5. The van der Waals surface area contributed by atoms with Gasteiger partial charge in [-0.15, -0.1) is 0 Å². The first-order valence-corrected chi connectivity index (χ1v) is 9.00. The first-order valence-electron chi connectivity index (χ1n) is 7.49. The Morgan fingerprint density at radius 3 is 2.28 bits per heavy atom. The summed E-state index contributed by atoms with van der Waals surface area (Å²) in [4.78, 5) is 23.2. The molecule has 0 aliphatic heterocycles. The largest absolute Gasteiger partial charge is 0.309 e. The van der Waals surface area contributed by atoms with Crippen molar-refractivity contribution in [3.05, 3.63) is 67.6 Å². The van der Waals surface area contributed by atoms with Crippen LogP contribution in [-0.4, -0.2) is 25.2 Å². The van der Waals surface area contributed by atoms with Crippen LogP contribution in [0.4, 0.5) is 0 Å². The lowest BCUT2D eigenvalue weighted by Gasteiger charge is -2.16. The van der Waals surface area contributed by atoms with Gasteiger partial charge >= 0.3 is 0 Å². The van der Waals surface area contributed by atoms with Gasteiger partial charge in [-0.3, -0.25) is 4.79 Å². The Morgan fingerprint density at radius 1 is 1.00 bits per heavy atom. The molecule has 132 valence electrons. The predicted octanol–water partition coefficient (Wildman–Crippen LogP) is 5.45. The van der Waals surface area contributed by atoms with Gasteiger partial charge in [0.05, 0.1) is 16.6 Å². The van der Waals surface area contributed by atoms with Gasteiger partial charge in [-0.25, -0.2) is 0 Å². The summed E-state index contributed by atoms with van der Waals surface area (Å²) in [6.45, 7) is 0.546. The zero-order valence-electron chi connectivity index (χ0n) is 13.1. The summed E-state index contributed by atoms with van der Waals surface area (Å²) in [6, 6.07) is 9.95. The van der Waals surface area contributed by atoms with E-state index in [0.717, 1.165) is 11.8 Å². The smallest absolute Gasteiger partial charge is 0.176 e. The average molecular weight is 419 g/mol. The molecule has 1 atom stereocenters. The summed E-state index contributed by atoms with van der Waals surface area (Å²) >= 11 is 23.8. The van der Waals surface area contributed by atoms with E-state index < -0.39 is 0 Å². The second-order valence-corrected chi connectivity index (χ2v) is 7.17. The molecule has 0 radical (unpaired) electrons. The molecule has 3 nitrogen and oxygen atoms in total. The first-order chi connectivity index (χ1) is 11.9. The Bertz CT molecular complexity index is 759. The van der Waals surface area contributed by atoms with Gasteiger partial charge in [0, 0.05) is 34.5 Å². The molecule has 1 N–H and O–H groups in total. The van der Waals surface area contributed by atoms with Crippen molar-refractivity contribution in [2.45, 2.75) is 12.3 Å². The van der Waals surface area contributed by atoms with Gasteiger partial charge in [-0.2, -0.15) is 0 Å². The Morgan fingerprint density at radius 2 is 1.68 bits per heavy atom. The molecule has 2 aromatic rings. The van der Waals surface area contributed by atoms with Gasteiger partial charge in [0.2, 0.25) is 0 Å². The monoisotopic (exact) mass is 417 g/mol. The standard InChI is InChI=1S/C18H15Cl4NO2/c19-14-5-13(6-15(20)8-14)18(25)10-23-9-12(3-4-24)11-1-2-16(21)17(22)7-11/h1-2,4-8,12,23H,3,9-10H2. The number of ketones is 1. The van der Waals surface area contributed by atoms with Crippen LogP contribution in [0, 0.1) is 0 Å². The molecule has 0 heterocycles. The van der Waals surface area contributed by atoms with E-state index in [-0.39, 0.29) is 18.2 Å². The molecule has 0 aliphatic rings. The van der Waals surface area contributed by atoms with Gasteiger partial charge in [-0.05, 0) is 35.9 Å². The summed E-state index contributed by atoms with van der Waals surface area (Å²) in [5, 5.41) is 4.77. The highest BCUT2D eigenvalue weighted by molar-refractivity contribution is 6.42. The number of aldehydes is 1. The molecule has 7 heteroatoms. The highest BCUT2D eigenvalue weighted by Gasteiger charge is 2.14. The van der Waals surface area contributed by atoms with Crippen molar-refractivity contribution in [1.82, 2.24) is 5.32 Å². The van der Waals surface area contributed by atoms with Crippen LogP contribution in [0.2, 0.25) is 20.1 Å². The van der Waals surface area contributed by atoms with Crippen molar-refractivity contribution in [1.29, 1.82) is 0 Å². The molecule has 0 aliphatic carbocycles. The lowest BCUT2D eigenvalue weighted by molar-refractivity contribution is -0.108. The van der Waals surface area contributed by atoms with Crippen LogP contribution in [0.25, 0.3) is 0 Å². The van der Waals surface area contributed by atoms with Crippen LogP contribution >= 0.6 is 46.4 Å². The molecule has 0 fully saturated rings. The zero-order chi connectivity index (χ0) is 18.4. The molecular weight excluding hydrogens is 404 g/mol. The fourth-order valence-electron chi connectivity index (χ4n) is 2.40. The molecule has 0 amide bonds. The number of benzene rings is 2. The average Bonchev–Trinajstić information content (AvgIpc) is 2.55. The maximum atomic E-state index is 12.2. The lowest BCUT2D eigenvalue weighted by Crippen LogP contribution is -2.28. The van der Waals surface area contributed by atoms with E-state index in [1.54, 1.807) is 30.3 Å². The normalized spacial score (nSPS) is 12.0. The van der Waals surface area contributed by atoms with Crippen molar-refractivity contribution in [2.75, 3.05) is 13.1 Å². The molecular formula is C18H15Cl4NO2. The van der Waals surface area contributed by atoms with E-state index in [4.69, 9.17) is 46.4 Å². The number of nitrogens with one attached hydrogen (secondary N) is 1. The maximum absolute atomic E-state index is 12.2. The number of carbonyl (C=O) groups excluding carboxylic acids is 2. The number of Topliss-reactive ketones (excluding diaryl/α,β-unsaturated/α-hetero) is 1. The fourth-order valence-corrected chi connectivity index (χ4v) is 3.23. The third-order valence-electron chi connectivity index (χ3n) is 3.66. The summed E-state index contributed by atoms with van der Waals surface area (Å²) < 4.78 is 0. The van der Waals surface area contributed by atoms with Crippen molar-refractivity contribution < 1.29 is 9.59 Å². The Balaban J connectivity index is 2.00. The van der Waals surface area contributed by atoms with E-state index in [1.807, 2.05) is 6.07 Å². The van der Waals surface area contributed by atoms with Gasteiger partial charge < -0.3 is 10.1 Å². The third kappa shape index (κ3) is 5.98. The van der Waals surface area contributed by atoms with Crippen LogP contribution in [-0.2, 0) is 4.79 Å². The minimum atomic E-state index is -0.136. The van der Waals surface area contributed by atoms with E-state index in [0.29, 0.717) is 38.6 Å². The Hall–Kier alpha value is -1.10. The second-order valence-electron chi connectivity index (χ2n) is 5.49. The molecule has 0 saturated carbocycles. The molecule has 2 rings (SSSR count). The number of hydrogen-bond donors (Lipinski definition) is 1. The van der Waals surface area contributed by atoms with E-state index in [1.165, 1.54) is 0 Å². The number of hydrogen-bond acceptors (Lipinski definition) is 3. The SMILES string of the molecule is O=CCC(CNCC(=O)c1cc(Cl)cc(Cl)c1)c1ccc(Cl)c(Cl)c1. The number of carbonyl (C=O) groups is 2. The fraction of sp³-hybridized carbons (Fsp3) is 0.222. The molecule has 0 spiro atoms. The third-order valence-corrected chi connectivity index (χ3v) is 4.83. The second kappa shape index (κ2) is 9.56. The van der Waals surface area contributed by atoms with E-state index in [2.05, 4.69) is 5.32 Å². The van der Waals surface area contributed by atoms with Crippen LogP contribution in [0.5, 0.6) is 0 Å². The zero-order valence-corrected chi connectivity index (χ0v) is 16.1.